The predicted molar refractivity (Wildman–Crippen MR) is 115 cm³/mol. The molecule has 0 spiro atoms. The molecule has 1 aliphatic heterocycles. The Balaban J connectivity index is 0.00000108. The zero-order chi connectivity index (χ0) is 21.4. The summed E-state index contributed by atoms with van der Waals surface area (Å²) < 4.78 is 13.1. The number of hydrogen-bond acceptors (Lipinski definition) is 3. The zero-order valence-electron chi connectivity index (χ0n) is 17.9. The maximum atomic E-state index is 13.1. The largest absolute Gasteiger partial charge is 0.372 e. The second kappa shape index (κ2) is 16.2. The molecule has 160 valence electrons. The summed E-state index contributed by atoms with van der Waals surface area (Å²) >= 11 is 0. The minimum absolute atomic E-state index is 0.250. The van der Waals surface area contributed by atoms with E-state index in [1.165, 1.54) is 65.0 Å². The van der Waals surface area contributed by atoms with Gasteiger partial charge in [0, 0.05) is 0 Å². The van der Waals surface area contributed by atoms with Crippen molar-refractivity contribution in [2.45, 2.75) is 58.8 Å². The number of amides is 1. The van der Waals surface area contributed by atoms with Crippen LogP contribution in [-0.2, 0) is 9.59 Å². The SMILES string of the molecule is C=C(F)/C=C(\C=C/C)C1CCC(CC2CCN(C)CC2)CC1.CC=O.NC=O. The molecule has 0 bridgehead atoms. The van der Waals surface area contributed by atoms with Gasteiger partial charge < -0.3 is 15.4 Å². The third-order valence-electron chi connectivity index (χ3n) is 5.51. The van der Waals surface area contributed by atoms with Crippen LogP contribution in [0.5, 0.6) is 0 Å². The summed E-state index contributed by atoms with van der Waals surface area (Å²) in [6.07, 6.45) is 15.9. The number of primary amides is 1. The van der Waals surface area contributed by atoms with Crippen LogP contribution in [0.4, 0.5) is 4.39 Å². The van der Waals surface area contributed by atoms with Crippen molar-refractivity contribution < 1.29 is 14.0 Å². The lowest BCUT2D eigenvalue weighted by Crippen LogP contribution is -2.31. The molecule has 0 atom stereocenters. The standard InChI is InChI=1S/C20H32FN.C2H4O.CH3NO/c1-4-5-20(14-16(2)21)19-8-6-17(7-9-19)15-18-10-12-22(3)13-11-18;1-2-3;2-1-3/h4-5,14,17-19H,2,6-13,15H2,1,3H3;2H,1H3;1H,(H2,2,3)/b5-4-,20-14+;;. The number of halogens is 1. The Morgan fingerprint density at radius 1 is 1.07 bits per heavy atom. The van der Waals surface area contributed by atoms with Gasteiger partial charge in [0.05, 0.1) is 0 Å². The van der Waals surface area contributed by atoms with Gasteiger partial charge in [-0.05, 0) is 108 Å². The number of rotatable bonds is 5. The molecule has 5 heteroatoms. The van der Waals surface area contributed by atoms with E-state index in [0.717, 1.165) is 23.7 Å². The number of carbonyl (C=O) groups is 2. The van der Waals surface area contributed by atoms with Crippen LogP contribution in [0, 0.1) is 17.8 Å². The highest BCUT2D eigenvalue weighted by Gasteiger charge is 2.26. The summed E-state index contributed by atoms with van der Waals surface area (Å²) in [5.41, 5.74) is 5.30. The third-order valence-corrected chi connectivity index (χ3v) is 5.51. The normalized spacial score (nSPS) is 23.8. The molecule has 1 saturated heterocycles. The first-order valence-corrected chi connectivity index (χ1v) is 10.3. The van der Waals surface area contributed by atoms with Crippen LogP contribution >= 0.6 is 0 Å². The Morgan fingerprint density at radius 3 is 1.96 bits per heavy atom. The fraction of sp³-hybridized carbons (Fsp3) is 0.652. The average molecular weight is 395 g/mol. The first-order chi connectivity index (χ1) is 13.4. The molecule has 2 rings (SSSR count). The van der Waals surface area contributed by atoms with E-state index in [1.54, 1.807) is 6.08 Å². The van der Waals surface area contributed by atoms with Gasteiger partial charge in [-0.25, -0.2) is 4.39 Å². The summed E-state index contributed by atoms with van der Waals surface area (Å²) in [6.45, 7) is 9.38. The smallest absolute Gasteiger partial charge is 0.204 e. The fourth-order valence-electron chi connectivity index (χ4n) is 4.18. The van der Waals surface area contributed by atoms with Crippen LogP contribution in [0.3, 0.4) is 0 Å². The monoisotopic (exact) mass is 394 g/mol. The lowest BCUT2D eigenvalue weighted by molar-refractivity contribution is -0.107. The number of nitrogens with zero attached hydrogens (tertiary/aromatic N) is 1. The predicted octanol–water partition coefficient (Wildman–Crippen LogP) is 4.82. The molecule has 0 aromatic rings. The molecule has 28 heavy (non-hydrogen) atoms. The van der Waals surface area contributed by atoms with E-state index in [9.17, 15) is 4.39 Å². The average Bonchev–Trinajstić information content (AvgIpc) is 2.65. The minimum atomic E-state index is -0.318. The van der Waals surface area contributed by atoms with Gasteiger partial charge in [-0.2, -0.15) is 0 Å². The molecular weight excluding hydrogens is 355 g/mol. The number of likely N-dealkylation sites (tertiary alicyclic amines) is 1. The molecule has 1 saturated carbocycles. The van der Waals surface area contributed by atoms with Gasteiger partial charge in [0.25, 0.3) is 0 Å². The van der Waals surface area contributed by atoms with Crippen LogP contribution in [0.2, 0.25) is 0 Å². The highest BCUT2D eigenvalue weighted by molar-refractivity contribution is 5.44. The van der Waals surface area contributed by atoms with Crippen LogP contribution < -0.4 is 5.73 Å². The van der Waals surface area contributed by atoms with Gasteiger partial charge >= 0.3 is 0 Å². The Bertz CT molecular complexity index is 495. The minimum Gasteiger partial charge on any atom is -0.372 e. The van der Waals surface area contributed by atoms with Crippen molar-refractivity contribution in [3.05, 3.63) is 36.2 Å². The summed E-state index contributed by atoms with van der Waals surface area (Å²) in [6, 6.07) is 0. The quantitative estimate of drug-likeness (QED) is 0.537. The zero-order valence-corrected chi connectivity index (χ0v) is 17.9. The molecular formula is C23H39FN2O2. The summed E-state index contributed by atoms with van der Waals surface area (Å²) in [5.74, 6) is 2.04. The Hall–Kier alpha value is -1.75. The topological polar surface area (TPSA) is 63.4 Å². The lowest BCUT2D eigenvalue weighted by Gasteiger charge is -2.34. The van der Waals surface area contributed by atoms with Crippen molar-refractivity contribution in [1.29, 1.82) is 0 Å². The number of hydrogen-bond donors (Lipinski definition) is 1. The number of allylic oxidation sites excluding steroid dienone is 5. The number of carbonyl (C=O) groups excluding carboxylic acids is 2. The van der Waals surface area contributed by atoms with Crippen LogP contribution in [0.15, 0.2) is 36.2 Å². The Labute approximate surface area is 170 Å². The highest BCUT2D eigenvalue weighted by Crippen LogP contribution is 2.38. The second-order valence-corrected chi connectivity index (χ2v) is 7.66. The first-order valence-electron chi connectivity index (χ1n) is 10.3. The Kier molecular flexibility index (Phi) is 15.2. The van der Waals surface area contributed by atoms with Crippen LogP contribution in [-0.4, -0.2) is 37.7 Å². The second-order valence-electron chi connectivity index (χ2n) is 7.66. The molecule has 1 aliphatic carbocycles. The number of nitrogens with two attached hydrogens (primary N) is 1. The highest BCUT2D eigenvalue weighted by atomic mass is 19.1. The van der Waals surface area contributed by atoms with Gasteiger partial charge in [0.2, 0.25) is 6.41 Å². The van der Waals surface area contributed by atoms with Crippen molar-refractivity contribution in [2.75, 3.05) is 20.1 Å². The molecule has 2 N–H and O–H groups in total. The van der Waals surface area contributed by atoms with Gasteiger partial charge in [0.15, 0.2) is 0 Å². The summed E-state index contributed by atoms with van der Waals surface area (Å²) in [7, 11) is 2.23. The number of piperidine rings is 1. The van der Waals surface area contributed by atoms with Crippen LogP contribution in [0.1, 0.15) is 58.8 Å². The van der Waals surface area contributed by atoms with E-state index in [-0.39, 0.29) is 12.2 Å². The van der Waals surface area contributed by atoms with Crippen molar-refractivity contribution >= 4 is 12.7 Å². The molecule has 2 aliphatic rings. The van der Waals surface area contributed by atoms with E-state index in [4.69, 9.17) is 9.59 Å². The number of aldehydes is 1. The molecule has 0 aromatic heterocycles. The van der Waals surface area contributed by atoms with Gasteiger partial charge in [-0.1, -0.05) is 18.7 Å². The third kappa shape index (κ3) is 11.9. The Morgan fingerprint density at radius 2 is 1.54 bits per heavy atom. The van der Waals surface area contributed by atoms with Crippen molar-refractivity contribution in [3.63, 3.8) is 0 Å². The van der Waals surface area contributed by atoms with E-state index >= 15 is 0 Å². The molecule has 0 unspecified atom stereocenters. The van der Waals surface area contributed by atoms with E-state index in [0.29, 0.717) is 5.92 Å². The fourth-order valence-corrected chi connectivity index (χ4v) is 4.18. The van der Waals surface area contributed by atoms with Crippen molar-refractivity contribution in [1.82, 2.24) is 4.90 Å². The van der Waals surface area contributed by atoms with Gasteiger partial charge in [-0.3, -0.25) is 4.79 Å². The lowest BCUT2D eigenvalue weighted by atomic mass is 9.74. The molecule has 1 heterocycles. The molecule has 2 fully saturated rings. The van der Waals surface area contributed by atoms with Crippen LogP contribution in [0.25, 0.3) is 0 Å². The van der Waals surface area contributed by atoms with Crippen molar-refractivity contribution in [3.8, 4) is 0 Å². The summed E-state index contributed by atoms with van der Waals surface area (Å²) in [5, 5.41) is 0. The van der Waals surface area contributed by atoms with Crippen molar-refractivity contribution in [2.24, 2.45) is 23.5 Å². The van der Waals surface area contributed by atoms with E-state index in [1.807, 2.05) is 13.0 Å². The van der Waals surface area contributed by atoms with E-state index in [2.05, 4.69) is 30.3 Å². The maximum Gasteiger partial charge on any atom is 0.204 e. The molecule has 4 nitrogen and oxygen atoms in total. The molecule has 1 amide bonds. The summed E-state index contributed by atoms with van der Waals surface area (Å²) in [4.78, 5) is 19.8. The first kappa shape index (κ1) is 26.2. The maximum absolute atomic E-state index is 13.1. The molecule has 0 radical (unpaired) electrons. The van der Waals surface area contributed by atoms with E-state index < -0.39 is 0 Å². The van der Waals surface area contributed by atoms with Gasteiger partial charge in [-0.15, -0.1) is 0 Å². The van der Waals surface area contributed by atoms with Gasteiger partial charge in [0.1, 0.15) is 12.1 Å². The molecule has 0 aromatic carbocycles.